The Bertz CT molecular complexity index is 877. The smallest absolute Gasteiger partial charge is 0.222 e. The zero-order chi connectivity index (χ0) is 17.9. The Labute approximate surface area is 153 Å². The summed E-state index contributed by atoms with van der Waals surface area (Å²) in [5, 5.41) is 0. The molecule has 1 aliphatic heterocycles. The Hall–Kier alpha value is -2.73. The summed E-state index contributed by atoms with van der Waals surface area (Å²) in [5.74, 6) is 3.28. The second kappa shape index (κ2) is 7.25. The standard InChI is InChI=1S/C20H23N5O/c1-15-13-19(26-16-7-4-3-5-8-16)23-20(22-15)17-9-6-11-25(17)14-18-21-10-12-24(18)2/h3-5,7-8,10,12-13,17H,6,9,11,14H2,1-2H3/t17-/m0/s1. The number of hydrogen-bond donors (Lipinski definition) is 0. The zero-order valence-corrected chi connectivity index (χ0v) is 15.2. The summed E-state index contributed by atoms with van der Waals surface area (Å²) in [6, 6.07) is 11.8. The predicted octanol–water partition coefficient (Wildman–Crippen LogP) is 3.65. The topological polar surface area (TPSA) is 56.1 Å². The van der Waals surface area contributed by atoms with Crippen LogP contribution < -0.4 is 4.74 Å². The average molecular weight is 349 g/mol. The Morgan fingerprint density at radius 1 is 1.19 bits per heavy atom. The van der Waals surface area contributed by atoms with Gasteiger partial charge in [-0.15, -0.1) is 0 Å². The maximum Gasteiger partial charge on any atom is 0.222 e. The van der Waals surface area contributed by atoms with Crippen LogP contribution in [0.5, 0.6) is 11.6 Å². The van der Waals surface area contributed by atoms with Crippen molar-refractivity contribution in [3.63, 3.8) is 0 Å². The molecule has 0 amide bonds. The lowest BCUT2D eigenvalue weighted by Gasteiger charge is -2.23. The lowest BCUT2D eigenvalue weighted by Crippen LogP contribution is -2.26. The van der Waals surface area contributed by atoms with Gasteiger partial charge in [-0.05, 0) is 38.4 Å². The first-order valence-corrected chi connectivity index (χ1v) is 8.98. The Morgan fingerprint density at radius 3 is 2.81 bits per heavy atom. The maximum absolute atomic E-state index is 5.93. The van der Waals surface area contributed by atoms with Crippen molar-refractivity contribution in [2.24, 2.45) is 7.05 Å². The molecule has 1 aromatic carbocycles. The van der Waals surface area contributed by atoms with Crippen LogP contribution in [0.3, 0.4) is 0 Å². The van der Waals surface area contributed by atoms with Crippen LogP contribution in [-0.4, -0.2) is 31.0 Å². The van der Waals surface area contributed by atoms with E-state index in [4.69, 9.17) is 14.7 Å². The normalized spacial score (nSPS) is 17.5. The number of imidazole rings is 1. The van der Waals surface area contributed by atoms with Crippen LogP contribution in [0.1, 0.15) is 36.2 Å². The number of hydrogen-bond acceptors (Lipinski definition) is 5. The molecule has 1 fully saturated rings. The number of benzene rings is 1. The SMILES string of the molecule is Cc1cc(Oc2ccccc2)nc([C@@H]2CCCN2Cc2nccn2C)n1. The summed E-state index contributed by atoms with van der Waals surface area (Å²) in [4.78, 5) is 16.3. The van der Waals surface area contributed by atoms with E-state index >= 15 is 0 Å². The number of likely N-dealkylation sites (tertiary alicyclic amines) is 1. The highest BCUT2D eigenvalue weighted by Crippen LogP contribution is 2.32. The minimum absolute atomic E-state index is 0.199. The Balaban J connectivity index is 1.57. The van der Waals surface area contributed by atoms with Crippen LogP contribution in [0.4, 0.5) is 0 Å². The van der Waals surface area contributed by atoms with Crippen LogP contribution in [0.15, 0.2) is 48.8 Å². The molecule has 0 bridgehead atoms. The van der Waals surface area contributed by atoms with Gasteiger partial charge in [-0.25, -0.2) is 9.97 Å². The number of ether oxygens (including phenoxy) is 1. The Kier molecular flexibility index (Phi) is 4.67. The van der Waals surface area contributed by atoms with E-state index in [-0.39, 0.29) is 6.04 Å². The molecule has 1 atom stereocenters. The van der Waals surface area contributed by atoms with E-state index in [2.05, 4.69) is 14.5 Å². The highest BCUT2D eigenvalue weighted by atomic mass is 16.5. The fraction of sp³-hybridized carbons (Fsp3) is 0.350. The van der Waals surface area contributed by atoms with E-state index in [1.54, 1.807) is 0 Å². The summed E-state index contributed by atoms with van der Waals surface area (Å²) in [6.07, 6.45) is 6.02. The molecule has 2 aromatic heterocycles. The molecule has 0 spiro atoms. The predicted molar refractivity (Wildman–Crippen MR) is 98.9 cm³/mol. The number of aromatic nitrogens is 4. The molecule has 0 aliphatic carbocycles. The maximum atomic E-state index is 5.93. The second-order valence-electron chi connectivity index (χ2n) is 6.70. The number of rotatable bonds is 5. The van der Waals surface area contributed by atoms with Crippen LogP contribution >= 0.6 is 0 Å². The van der Waals surface area contributed by atoms with Gasteiger partial charge in [0.05, 0.1) is 12.6 Å². The molecule has 0 N–H and O–H groups in total. The van der Waals surface area contributed by atoms with E-state index in [1.807, 2.05) is 62.8 Å². The van der Waals surface area contributed by atoms with Gasteiger partial charge in [0.1, 0.15) is 17.4 Å². The van der Waals surface area contributed by atoms with Crippen LogP contribution in [0.2, 0.25) is 0 Å². The molecule has 6 nitrogen and oxygen atoms in total. The Morgan fingerprint density at radius 2 is 2.04 bits per heavy atom. The number of aryl methyl sites for hydroxylation is 2. The molecule has 134 valence electrons. The molecule has 6 heteroatoms. The van der Waals surface area contributed by atoms with E-state index in [9.17, 15) is 0 Å². The summed E-state index contributed by atoms with van der Waals surface area (Å²) < 4.78 is 8.00. The van der Waals surface area contributed by atoms with Gasteiger partial charge in [0, 0.05) is 31.2 Å². The van der Waals surface area contributed by atoms with Crippen LogP contribution in [-0.2, 0) is 13.6 Å². The van der Waals surface area contributed by atoms with E-state index in [0.29, 0.717) is 5.88 Å². The second-order valence-corrected chi connectivity index (χ2v) is 6.70. The third kappa shape index (κ3) is 3.60. The third-order valence-corrected chi connectivity index (χ3v) is 4.74. The fourth-order valence-electron chi connectivity index (χ4n) is 3.41. The minimum Gasteiger partial charge on any atom is -0.439 e. The van der Waals surface area contributed by atoms with E-state index in [1.165, 1.54) is 0 Å². The first-order valence-electron chi connectivity index (χ1n) is 8.98. The van der Waals surface area contributed by atoms with Crippen molar-refractivity contribution in [1.82, 2.24) is 24.4 Å². The summed E-state index contributed by atoms with van der Waals surface area (Å²) >= 11 is 0. The molecular weight excluding hydrogens is 326 g/mol. The van der Waals surface area contributed by atoms with Gasteiger partial charge >= 0.3 is 0 Å². The van der Waals surface area contributed by atoms with Gasteiger partial charge in [0.15, 0.2) is 0 Å². The molecule has 3 heterocycles. The molecular formula is C20H23N5O. The fourth-order valence-corrected chi connectivity index (χ4v) is 3.41. The van der Waals surface area contributed by atoms with Crippen LogP contribution in [0, 0.1) is 6.92 Å². The summed E-state index contributed by atoms with van der Waals surface area (Å²) in [5.41, 5.74) is 0.921. The van der Waals surface area contributed by atoms with Gasteiger partial charge in [0.25, 0.3) is 0 Å². The largest absolute Gasteiger partial charge is 0.439 e. The monoisotopic (exact) mass is 349 g/mol. The van der Waals surface area contributed by atoms with E-state index < -0.39 is 0 Å². The van der Waals surface area contributed by atoms with Crippen molar-refractivity contribution < 1.29 is 4.74 Å². The number of nitrogens with zero attached hydrogens (tertiary/aromatic N) is 5. The molecule has 3 aromatic rings. The molecule has 4 rings (SSSR count). The highest BCUT2D eigenvalue weighted by Gasteiger charge is 2.29. The molecule has 1 saturated heterocycles. The lowest BCUT2D eigenvalue weighted by atomic mass is 10.2. The summed E-state index contributed by atoms with van der Waals surface area (Å²) in [6.45, 7) is 3.82. The van der Waals surface area contributed by atoms with Crippen molar-refractivity contribution >= 4 is 0 Å². The molecule has 1 aliphatic rings. The summed E-state index contributed by atoms with van der Waals surface area (Å²) in [7, 11) is 2.03. The molecule has 0 saturated carbocycles. The first-order chi connectivity index (χ1) is 12.7. The lowest BCUT2D eigenvalue weighted by molar-refractivity contribution is 0.230. The van der Waals surface area contributed by atoms with Crippen molar-refractivity contribution in [3.05, 3.63) is 66.1 Å². The molecule has 0 radical (unpaired) electrons. The van der Waals surface area contributed by atoms with Gasteiger partial charge in [0.2, 0.25) is 5.88 Å². The van der Waals surface area contributed by atoms with Gasteiger partial charge in [-0.2, -0.15) is 4.98 Å². The minimum atomic E-state index is 0.199. The van der Waals surface area contributed by atoms with E-state index in [0.717, 1.165) is 49.0 Å². The van der Waals surface area contributed by atoms with Gasteiger partial charge in [-0.3, -0.25) is 4.90 Å². The third-order valence-electron chi connectivity index (χ3n) is 4.74. The quantitative estimate of drug-likeness (QED) is 0.704. The highest BCUT2D eigenvalue weighted by molar-refractivity contribution is 5.27. The van der Waals surface area contributed by atoms with Crippen molar-refractivity contribution in [2.75, 3.05) is 6.54 Å². The van der Waals surface area contributed by atoms with Crippen molar-refractivity contribution in [3.8, 4) is 11.6 Å². The van der Waals surface area contributed by atoms with Crippen molar-refractivity contribution in [2.45, 2.75) is 32.4 Å². The number of para-hydroxylation sites is 1. The zero-order valence-electron chi connectivity index (χ0n) is 15.2. The van der Waals surface area contributed by atoms with Gasteiger partial charge < -0.3 is 9.30 Å². The van der Waals surface area contributed by atoms with Gasteiger partial charge in [-0.1, -0.05) is 18.2 Å². The molecule has 0 unspecified atom stereocenters. The van der Waals surface area contributed by atoms with Crippen molar-refractivity contribution in [1.29, 1.82) is 0 Å². The first kappa shape index (κ1) is 16.7. The van der Waals surface area contributed by atoms with Crippen LogP contribution in [0.25, 0.3) is 0 Å². The molecule has 26 heavy (non-hydrogen) atoms. The average Bonchev–Trinajstić information content (AvgIpc) is 3.25.